The number of H-pyrrole nitrogens is 1. The van der Waals surface area contributed by atoms with E-state index in [0.717, 1.165) is 11.5 Å². The molecule has 2 aromatic heterocycles. The summed E-state index contributed by atoms with van der Waals surface area (Å²) in [5.74, 6) is -0.285. The highest BCUT2D eigenvalue weighted by molar-refractivity contribution is 7.09. The number of aromatic nitrogens is 5. The molecule has 0 aliphatic carbocycles. The van der Waals surface area contributed by atoms with Crippen molar-refractivity contribution in [3.8, 4) is 0 Å². The summed E-state index contributed by atoms with van der Waals surface area (Å²) in [6.07, 6.45) is 2.91. The molecule has 0 aliphatic rings. The van der Waals surface area contributed by atoms with Crippen LogP contribution >= 0.6 is 11.5 Å². The van der Waals surface area contributed by atoms with E-state index in [1.165, 1.54) is 12.4 Å². The van der Waals surface area contributed by atoms with Gasteiger partial charge >= 0.3 is 0 Å². The summed E-state index contributed by atoms with van der Waals surface area (Å²) in [6.45, 7) is 0. The molecule has 0 bridgehead atoms. The number of carbonyl (C=O) groups excluding carboxylic acids is 1. The highest BCUT2D eigenvalue weighted by Crippen LogP contribution is 2.06. The minimum atomic E-state index is -0.285. The van der Waals surface area contributed by atoms with Gasteiger partial charge in [0.2, 0.25) is 5.13 Å². The van der Waals surface area contributed by atoms with Crippen LogP contribution in [0.1, 0.15) is 10.4 Å². The Bertz CT molecular complexity index is 381. The zero-order chi connectivity index (χ0) is 9.10. The van der Waals surface area contributed by atoms with Crippen LogP contribution in [0.3, 0.4) is 0 Å². The Hall–Kier alpha value is -1.83. The predicted octanol–water partition coefficient (Wildman–Crippen LogP) is -0.0915. The monoisotopic (exact) mass is 196 g/mol. The van der Waals surface area contributed by atoms with Crippen LogP contribution in [0.4, 0.5) is 5.13 Å². The summed E-state index contributed by atoms with van der Waals surface area (Å²) >= 11 is 1.01. The second-order valence-electron chi connectivity index (χ2n) is 2.11. The summed E-state index contributed by atoms with van der Waals surface area (Å²) in [5, 5.41) is 15.9. The Morgan fingerprint density at radius 2 is 2.54 bits per heavy atom. The number of rotatable bonds is 2. The molecule has 8 heteroatoms. The summed E-state index contributed by atoms with van der Waals surface area (Å²) in [7, 11) is 0. The van der Waals surface area contributed by atoms with Crippen molar-refractivity contribution in [1.82, 2.24) is 25.0 Å². The van der Waals surface area contributed by atoms with Gasteiger partial charge in [-0.15, -0.1) is 0 Å². The summed E-state index contributed by atoms with van der Waals surface area (Å²) in [4.78, 5) is 11.3. The number of carbonyl (C=O) groups is 1. The van der Waals surface area contributed by atoms with Crippen LogP contribution in [0, 0.1) is 0 Å². The molecule has 2 N–H and O–H groups in total. The van der Waals surface area contributed by atoms with Crippen molar-refractivity contribution in [1.29, 1.82) is 0 Å². The van der Waals surface area contributed by atoms with Crippen molar-refractivity contribution in [2.75, 3.05) is 5.32 Å². The largest absolute Gasteiger partial charge is 0.295 e. The van der Waals surface area contributed by atoms with Crippen molar-refractivity contribution >= 4 is 22.6 Å². The maximum atomic E-state index is 11.3. The summed E-state index contributed by atoms with van der Waals surface area (Å²) < 4.78 is 3.50. The van der Waals surface area contributed by atoms with Gasteiger partial charge in [0.15, 0.2) is 0 Å². The quantitative estimate of drug-likeness (QED) is 0.699. The normalized spacial score (nSPS) is 9.85. The van der Waals surface area contributed by atoms with Gasteiger partial charge in [0.25, 0.3) is 5.91 Å². The first kappa shape index (κ1) is 7.80. The second-order valence-corrected chi connectivity index (χ2v) is 2.84. The van der Waals surface area contributed by atoms with E-state index in [1.807, 2.05) is 0 Å². The number of hydrogen-bond donors (Lipinski definition) is 2. The molecular formula is C5H4N6OS. The molecule has 0 saturated heterocycles. The standard InChI is InChI=1S/C5H4N6OS/c12-4(3-1-6-7-2-3)8-5-9-10-11-13-5/h1-2H,(H,6,7)(H,8,9,11,12). The van der Waals surface area contributed by atoms with Gasteiger partial charge in [-0.3, -0.25) is 15.2 Å². The molecule has 0 aliphatic heterocycles. The highest BCUT2D eigenvalue weighted by atomic mass is 32.1. The van der Waals surface area contributed by atoms with E-state index >= 15 is 0 Å². The molecule has 0 spiro atoms. The smallest absolute Gasteiger partial charge is 0.260 e. The Morgan fingerprint density at radius 3 is 3.15 bits per heavy atom. The third kappa shape index (κ3) is 1.67. The van der Waals surface area contributed by atoms with Crippen LogP contribution in [0.15, 0.2) is 12.4 Å². The molecule has 0 saturated carbocycles. The van der Waals surface area contributed by atoms with Crippen LogP contribution in [0.2, 0.25) is 0 Å². The molecule has 2 aromatic rings. The zero-order valence-electron chi connectivity index (χ0n) is 6.26. The van der Waals surface area contributed by atoms with Crippen molar-refractivity contribution in [2.24, 2.45) is 0 Å². The lowest BCUT2D eigenvalue weighted by Gasteiger charge is -1.94. The third-order valence-corrected chi connectivity index (χ3v) is 1.79. The zero-order valence-corrected chi connectivity index (χ0v) is 7.08. The minimum absolute atomic E-state index is 0.285. The first-order chi connectivity index (χ1) is 6.36. The first-order valence-corrected chi connectivity index (χ1v) is 4.09. The fraction of sp³-hybridized carbons (Fsp3) is 0. The van der Waals surface area contributed by atoms with Crippen LogP contribution in [-0.2, 0) is 0 Å². The lowest BCUT2D eigenvalue weighted by Crippen LogP contribution is -2.10. The van der Waals surface area contributed by atoms with Crippen LogP contribution in [0.5, 0.6) is 0 Å². The molecule has 2 heterocycles. The van der Waals surface area contributed by atoms with Gasteiger partial charge in [0.05, 0.1) is 11.8 Å². The lowest BCUT2D eigenvalue weighted by atomic mass is 10.3. The van der Waals surface area contributed by atoms with Crippen LogP contribution in [-0.4, -0.2) is 30.9 Å². The lowest BCUT2D eigenvalue weighted by molar-refractivity contribution is 0.102. The number of nitrogens with one attached hydrogen (secondary N) is 2. The van der Waals surface area contributed by atoms with E-state index in [1.54, 1.807) is 0 Å². The van der Waals surface area contributed by atoms with Gasteiger partial charge in [-0.2, -0.15) is 5.10 Å². The Morgan fingerprint density at radius 1 is 1.62 bits per heavy atom. The van der Waals surface area contributed by atoms with Crippen molar-refractivity contribution in [3.05, 3.63) is 18.0 Å². The first-order valence-electron chi connectivity index (χ1n) is 3.31. The molecule has 66 valence electrons. The summed E-state index contributed by atoms with van der Waals surface area (Å²) in [6, 6.07) is 0. The molecule has 0 radical (unpaired) electrons. The van der Waals surface area contributed by atoms with Crippen molar-refractivity contribution in [3.63, 3.8) is 0 Å². The summed E-state index contributed by atoms with van der Waals surface area (Å²) in [5.41, 5.74) is 0.440. The average Bonchev–Trinajstić information content (AvgIpc) is 2.74. The van der Waals surface area contributed by atoms with E-state index in [9.17, 15) is 4.79 Å². The van der Waals surface area contributed by atoms with Gasteiger partial charge in [0, 0.05) is 17.7 Å². The van der Waals surface area contributed by atoms with Gasteiger partial charge in [-0.1, -0.05) is 9.59 Å². The Kier molecular flexibility index (Phi) is 1.96. The van der Waals surface area contributed by atoms with Crippen LogP contribution < -0.4 is 5.32 Å². The van der Waals surface area contributed by atoms with E-state index in [-0.39, 0.29) is 5.91 Å². The van der Waals surface area contributed by atoms with Gasteiger partial charge in [-0.25, -0.2) is 0 Å². The highest BCUT2D eigenvalue weighted by Gasteiger charge is 2.08. The second kappa shape index (κ2) is 3.27. The molecule has 2 rings (SSSR count). The minimum Gasteiger partial charge on any atom is -0.295 e. The number of nitrogens with zero attached hydrogens (tertiary/aromatic N) is 4. The molecule has 0 unspecified atom stereocenters. The Balaban J connectivity index is 2.08. The molecule has 0 atom stereocenters. The molecule has 0 aromatic carbocycles. The number of aromatic amines is 1. The van der Waals surface area contributed by atoms with Crippen molar-refractivity contribution in [2.45, 2.75) is 0 Å². The number of amides is 1. The predicted molar refractivity (Wildman–Crippen MR) is 44.2 cm³/mol. The van der Waals surface area contributed by atoms with Gasteiger partial charge in [0.1, 0.15) is 0 Å². The van der Waals surface area contributed by atoms with E-state index in [4.69, 9.17) is 0 Å². The fourth-order valence-electron chi connectivity index (χ4n) is 0.726. The van der Waals surface area contributed by atoms with E-state index in [2.05, 4.69) is 30.3 Å². The molecule has 7 nitrogen and oxygen atoms in total. The Labute approximate surface area is 76.3 Å². The molecular weight excluding hydrogens is 192 g/mol. The maximum absolute atomic E-state index is 11.3. The number of anilines is 1. The molecule has 1 amide bonds. The van der Waals surface area contributed by atoms with Crippen molar-refractivity contribution < 1.29 is 4.79 Å². The molecule has 0 fully saturated rings. The van der Waals surface area contributed by atoms with Crippen LogP contribution in [0.25, 0.3) is 0 Å². The average molecular weight is 196 g/mol. The SMILES string of the molecule is O=C(Nc1nnns1)c1cn[nH]c1. The van der Waals surface area contributed by atoms with Gasteiger partial charge < -0.3 is 0 Å². The fourth-order valence-corrected chi connectivity index (χ4v) is 1.09. The van der Waals surface area contributed by atoms with Gasteiger partial charge in [-0.05, 0) is 5.21 Å². The number of hydrogen-bond acceptors (Lipinski definition) is 6. The third-order valence-electron chi connectivity index (χ3n) is 1.28. The van der Waals surface area contributed by atoms with E-state index < -0.39 is 0 Å². The maximum Gasteiger partial charge on any atom is 0.260 e. The van der Waals surface area contributed by atoms with E-state index in [0.29, 0.717) is 10.7 Å². The molecule has 13 heavy (non-hydrogen) atoms. The topological polar surface area (TPSA) is 96.5 Å².